The van der Waals surface area contributed by atoms with Gasteiger partial charge >= 0.3 is 0 Å². The van der Waals surface area contributed by atoms with Crippen LogP contribution in [0.5, 0.6) is 0 Å². The SMILES string of the molecule is C#Cc1cc(C)ccc1-c1ccccc1.C=C(C)C.C=C(C)c1cccc(CC)c1.CC.CC.CNC. The molecular weight excluding hydrogens is 446 g/mol. The summed E-state index contributed by atoms with van der Waals surface area (Å²) in [6.45, 7) is 25.7. The summed E-state index contributed by atoms with van der Waals surface area (Å²) in [5.74, 6) is 2.73. The Labute approximate surface area is 230 Å². The lowest BCUT2D eigenvalue weighted by atomic mass is 9.98. The molecule has 0 amide bonds. The van der Waals surface area contributed by atoms with Crippen LogP contribution in [0.4, 0.5) is 0 Å². The molecule has 0 saturated carbocycles. The van der Waals surface area contributed by atoms with Crippen molar-refractivity contribution in [3.8, 4) is 23.5 Å². The van der Waals surface area contributed by atoms with Crippen LogP contribution in [0, 0.1) is 19.3 Å². The van der Waals surface area contributed by atoms with Gasteiger partial charge in [0.05, 0.1) is 0 Å². The van der Waals surface area contributed by atoms with E-state index in [1.807, 2.05) is 86.8 Å². The zero-order valence-electron chi connectivity index (χ0n) is 25.6. The molecule has 1 N–H and O–H groups in total. The van der Waals surface area contributed by atoms with Crippen LogP contribution < -0.4 is 5.32 Å². The summed E-state index contributed by atoms with van der Waals surface area (Å²) in [6.07, 6.45) is 6.61. The summed E-state index contributed by atoms with van der Waals surface area (Å²) in [7, 11) is 3.75. The highest BCUT2D eigenvalue weighted by Crippen LogP contribution is 2.23. The molecule has 1 heteroatoms. The van der Waals surface area contributed by atoms with Crippen molar-refractivity contribution in [3.05, 3.63) is 114 Å². The molecule has 1 nitrogen and oxygen atoms in total. The zero-order valence-corrected chi connectivity index (χ0v) is 25.6. The van der Waals surface area contributed by atoms with Crippen LogP contribution >= 0.6 is 0 Å². The number of benzene rings is 3. The van der Waals surface area contributed by atoms with Crippen LogP contribution in [0.15, 0.2) is 91.5 Å². The number of terminal acetylenes is 1. The van der Waals surface area contributed by atoms with E-state index < -0.39 is 0 Å². The Hall–Kier alpha value is -3.34. The first-order chi connectivity index (χ1) is 17.7. The van der Waals surface area contributed by atoms with Gasteiger partial charge in [0.2, 0.25) is 0 Å². The summed E-state index contributed by atoms with van der Waals surface area (Å²) < 4.78 is 0. The van der Waals surface area contributed by atoms with Crippen molar-refractivity contribution in [2.45, 2.75) is 68.7 Å². The van der Waals surface area contributed by atoms with Crippen molar-refractivity contribution in [2.75, 3.05) is 14.1 Å². The van der Waals surface area contributed by atoms with E-state index in [1.54, 1.807) is 0 Å². The molecule has 37 heavy (non-hydrogen) atoms. The molecule has 0 atom stereocenters. The molecule has 0 radical (unpaired) electrons. The number of rotatable bonds is 3. The van der Waals surface area contributed by atoms with E-state index >= 15 is 0 Å². The molecule has 202 valence electrons. The lowest BCUT2D eigenvalue weighted by Crippen LogP contribution is -1.89. The molecule has 0 aromatic heterocycles. The zero-order chi connectivity index (χ0) is 29.2. The molecule has 0 bridgehead atoms. The lowest BCUT2D eigenvalue weighted by Gasteiger charge is -2.05. The van der Waals surface area contributed by atoms with Gasteiger partial charge in [-0.15, -0.1) is 13.0 Å². The van der Waals surface area contributed by atoms with E-state index in [9.17, 15) is 0 Å². The summed E-state index contributed by atoms with van der Waals surface area (Å²) >= 11 is 0. The fourth-order valence-electron chi connectivity index (χ4n) is 2.70. The van der Waals surface area contributed by atoms with Gasteiger partial charge in [0.25, 0.3) is 0 Å². The third-order valence-electron chi connectivity index (χ3n) is 4.24. The van der Waals surface area contributed by atoms with E-state index in [0.29, 0.717) is 0 Å². The Morgan fingerprint density at radius 2 is 1.32 bits per heavy atom. The average Bonchev–Trinajstić information content (AvgIpc) is 2.92. The molecule has 0 spiro atoms. The van der Waals surface area contributed by atoms with E-state index in [2.05, 4.69) is 86.8 Å². The van der Waals surface area contributed by atoms with Gasteiger partial charge < -0.3 is 5.32 Å². The Kier molecular flexibility index (Phi) is 26.6. The minimum absolute atomic E-state index is 0.959. The fraction of sp³-hybridized carbons (Fsp3) is 0.333. The number of aryl methyl sites for hydroxylation is 2. The van der Waals surface area contributed by atoms with E-state index in [1.165, 1.54) is 27.8 Å². The molecule has 0 unspecified atom stereocenters. The standard InChI is InChI=1S/C15H12.C11H14.C4H8.C2H7N.2C2H6/c1-3-13-11-12(2)9-10-15(13)14-7-5-4-6-8-14;1-4-10-6-5-7-11(8-10)9(2)3;1-4(2)3;1-3-2;2*1-2/h1,4-11H,2H3;5-8H,2,4H2,1,3H3;1H2,2-3H3;3H,1-2H3;2*1-2H3. The van der Waals surface area contributed by atoms with Crippen LogP contribution in [0.25, 0.3) is 16.7 Å². The fourth-order valence-corrected chi connectivity index (χ4v) is 2.70. The second-order valence-electron chi connectivity index (χ2n) is 8.10. The van der Waals surface area contributed by atoms with Crippen LogP contribution in [0.3, 0.4) is 0 Å². The highest BCUT2D eigenvalue weighted by atomic mass is 14.7. The van der Waals surface area contributed by atoms with Crippen LogP contribution in [-0.4, -0.2) is 14.1 Å². The third-order valence-corrected chi connectivity index (χ3v) is 4.24. The van der Waals surface area contributed by atoms with Gasteiger partial charge in [-0.05, 0) is 82.1 Å². The molecule has 0 saturated heterocycles. The van der Waals surface area contributed by atoms with Crippen molar-refractivity contribution >= 4 is 5.57 Å². The molecule has 3 rings (SSSR count). The number of hydrogen-bond acceptors (Lipinski definition) is 1. The molecule has 3 aromatic rings. The minimum Gasteiger partial charge on any atom is -0.323 e. The Morgan fingerprint density at radius 3 is 1.76 bits per heavy atom. The van der Waals surface area contributed by atoms with Gasteiger partial charge in [-0.2, -0.15) is 0 Å². The molecular formula is C36H53N. The van der Waals surface area contributed by atoms with Crippen molar-refractivity contribution in [1.82, 2.24) is 5.32 Å². The van der Waals surface area contributed by atoms with Crippen molar-refractivity contribution in [1.29, 1.82) is 0 Å². The highest BCUT2D eigenvalue weighted by molar-refractivity contribution is 5.71. The highest BCUT2D eigenvalue weighted by Gasteiger charge is 2.02. The number of allylic oxidation sites excluding steroid dienone is 2. The Balaban J connectivity index is -0.000000461. The summed E-state index contributed by atoms with van der Waals surface area (Å²) in [4.78, 5) is 0. The van der Waals surface area contributed by atoms with Gasteiger partial charge in [-0.1, -0.05) is 125 Å². The molecule has 0 heterocycles. The summed E-state index contributed by atoms with van der Waals surface area (Å²) in [6, 6.07) is 24.9. The molecule has 0 fully saturated rings. The Morgan fingerprint density at radius 1 is 0.811 bits per heavy atom. The predicted octanol–water partition coefficient (Wildman–Crippen LogP) is 10.4. The van der Waals surface area contributed by atoms with Gasteiger partial charge in [0, 0.05) is 5.56 Å². The minimum atomic E-state index is 0.959. The van der Waals surface area contributed by atoms with Crippen LogP contribution in [0.2, 0.25) is 0 Å². The maximum Gasteiger partial charge on any atom is 0.0323 e. The van der Waals surface area contributed by atoms with Crippen molar-refractivity contribution in [3.63, 3.8) is 0 Å². The van der Waals surface area contributed by atoms with Crippen molar-refractivity contribution in [2.24, 2.45) is 0 Å². The smallest absolute Gasteiger partial charge is 0.0323 e. The van der Waals surface area contributed by atoms with Gasteiger partial charge in [0.15, 0.2) is 0 Å². The molecule has 0 aliphatic rings. The second kappa shape index (κ2) is 25.7. The second-order valence-corrected chi connectivity index (χ2v) is 8.10. The first-order valence-corrected chi connectivity index (χ1v) is 13.3. The Bertz CT molecular complexity index is 1020. The number of nitrogens with one attached hydrogen (secondary N) is 1. The lowest BCUT2D eigenvalue weighted by molar-refractivity contribution is 1.02. The third kappa shape index (κ3) is 19.5. The first-order valence-electron chi connectivity index (χ1n) is 13.3. The normalized spacial score (nSPS) is 8.27. The average molecular weight is 500 g/mol. The predicted molar refractivity (Wildman–Crippen MR) is 173 cm³/mol. The first kappa shape index (κ1) is 38.2. The van der Waals surface area contributed by atoms with Gasteiger partial charge in [-0.25, -0.2) is 0 Å². The monoisotopic (exact) mass is 499 g/mol. The summed E-state index contributed by atoms with van der Waals surface area (Å²) in [5.41, 5.74) is 9.40. The number of hydrogen-bond donors (Lipinski definition) is 1. The van der Waals surface area contributed by atoms with E-state index in [-0.39, 0.29) is 0 Å². The topological polar surface area (TPSA) is 12.0 Å². The quantitative estimate of drug-likeness (QED) is 0.279. The molecule has 3 aromatic carbocycles. The van der Waals surface area contributed by atoms with Crippen molar-refractivity contribution < 1.29 is 0 Å². The maximum absolute atomic E-state index is 5.51. The van der Waals surface area contributed by atoms with Crippen LogP contribution in [0.1, 0.15) is 77.6 Å². The van der Waals surface area contributed by atoms with E-state index in [0.717, 1.165) is 23.1 Å². The summed E-state index contributed by atoms with van der Waals surface area (Å²) in [5, 5.41) is 2.75. The van der Waals surface area contributed by atoms with Crippen LogP contribution in [-0.2, 0) is 6.42 Å². The molecule has 0 aliphatic heterocycles. The largest absolute Gasteiger partial charge is 0.323 e. The van der Waals surface area contributed by atoms with E-state index in [4.69, 9.17) is 6.42 Å². The molecule has 0 aliphatic carbocycles. The van der Waals surface area contributed by atoms with Gasteiger partial charge in [0.1, 0.15) is 0 Å². The maximum atomic E-state index is 5.51. The van der Waals surface area contributed by atoms with Gasteiger partial charge in [-0.3, -0.25) is 0 Å².